The Morgan fingerprint density at radius 1 is 1.14 bits per heavy atom. The zero-order chi connectivity index (χ0) is 21.3. The Hall–Kier alpha value is -2.78. The van der Waals surface area contributed by atoms with Crippen molar-refractivity contribution in [1.82, 2.24) is 4.57 Å². The number of aromatic nitrogens is 1. The first kappa shape index (κ1) is 20.9. The van der Waals surface area contributed by atoms with Crippen molar-refractivity contribution >= 4 is 50.1 Å². The summed E-state index contributed by atoms with van der Waals surface area (Å²) in [6.45, 7) is 3.03. The van der Waals surface area contributed by atoms with Crippen molar-refractivity contribution < 1.29 is 23.1 Å². The minimum Gasteiger partial charge on any atom is -0.480 e. The molecule has 152 valence electrons. The Morgan fingerprint density at radius 2 is 1.79 bits per heavy atom. The lowest BCUT2D eigenvalue weighted by atomic mass is 10.2. The molecule has 3 rings (SSSR count). The largest absolute Gasteiger partial charge is 0.480 e. The minimum absolute atomic E-state index is 0.209. The number of nitrogens with one attached hydrogen (secondary N) is 1. The van der Waals surface area contributed by atoms with Gasteiger partial charge in [0.25, 0.3) is 0 Å². The van der Waals surface area contributed by atoms with E-state index in [1.165, 1.54) is 30.8 Å². The molecule has 0 saturated carbocycles. The van der Waals surface area contributed by atoms with Gasteiger partial charge in [0.2, 0.25) is 5.91 Å². The molecule has 1 heterocycles. The monoisotopic (exact) mass is 432 g/mol. The quantitative estimate of drug-likeness (QED) is 0.617. The molecule has 0 radical (unpaired) electrons. The zero-order valence-corrected chi connectivity index (χ0v) is 17.7. The highest BCUT2D eigenvalue weighted by Gasteiger charge is 2.20. The van der Waals surface area contributed by atoms with Crippen LogP contribution in [0.15, 0.2) is 57.2 Å². The lowest BCUT2D eigenvalue weighted by molar-refractivity contribution is -0.137. The summed E-state index contributed by atoms with van der Waals surface area (Å²) in [5.74, 6) is -1.20. The van der Waals surface area contributed by atoms with Crippen LogP contribution in [0.3, 0.4) is 0 Å². The second-order valence-electron chi connectivity index (χ2n) is 6.62. The molecule has 2 N–H and O–H groups in total. The standard InChI is InChI=1S/C20H20N2O5S2/c1-12-20(28-14-7-9-15(10-8-14)29(3,26)27)19-16(21-13(2)23)5-4-6-17(19)22(12)11-18(24)25/h4-10H,11H2,1-3H3,(H,21,23)(H,24,25). The van der Waals surface area contributed by atoms with Crippen LogP contribution in [-0.2, 0) is 26.0 Å². The smallest absolute Gasteiger partial charge is 0.323 e. The van der Waals surface area contributed by atoms with Crippen LogP contribution in [0.2, 0.25) is 0 Å². The van der Waals surface area contributed by atoms with Crippen molar-refractivity contribution in [3.8, 4) is 0 Å². The van der Waals surface area contributed by atoms with Crippen LogP contribution in [-0.4, -0.2) is 36.2 Å². The van der Waals surface area contributed by atoms with Gasteiger partial charge in [0.1, 0.15) is 6.54 Å². The van der Waals surface area contributed by atoms with Crippen molar-refractivity contribution in [3.05, 3.63) is 48.2 Å². The molecule has 2 aromatic carbocycles. The zero-order valence-electron chi connectivity index (χ0n) is 16.1. The van der Waals surface area contributed by atoms with E-state index in [-0.39, 0.29) is 17.3 Å². The predicted molar refractivity (Wildman–Crippen MR) is 112 cm³/mol. The highest BCUT2D eigenvalue weighted by atomic mass is 32.2. The van der Waals surface area contributed by atoms with Gasteiger partial charge in [-0.15, -0.1) is 0 Å². The molecule has 0 aliphatic carbocycles. The molecule has 1 amide bonds. The van der Waals surface area contributed by atoms with Gasteiger partial charge >= 0.3 is 5.97 Å². The number of sulfone groups is 1. The van der Waals surface area contributed by atoms with Gasteiger partial charge in [-0.1, -0.05) is 17.8 Å². The van der Waals surface area contributed by atoms with Crippen LogP contribution in [0, 0.1) is 6.92 Å². The molecule has 3 aromatic rings. The maximum absolute atomic E-state index is 11.7. The predicted octanol–water partition coefficient (Wildman–Crippen LogP) is 3.55. The Morgan fingerprint density at radius 3 is 2.34 bits per heavy atom. The average molecular weight is 433 g/mol. The summed E-state index contributed by atoms with van der Waals surface area (Å²) in [7, 11) is -3.29. The second-order valence-corrected chi connectivity index (χ2v) is 9.72. The molecule has 0 fully saturated rings. The normalized spacial score (nSPS) is 11.6. The molecule has 29 heavy (non-hydrogen) atoms. The number of rotatable bonds is 6. The maximum Gasteiger partial charge on any atom is 0.323 e. The molecule has 1 aromatic heterocycles. The number of amides is 1. The van der Waals surface area contributed by atoms with Crippen molar-refractivity contribution in [2.24, 2.45) is 0 Å². The number of carboxylic acid groups (broad SMARTS) is 1. The molecular formula is C20H20N2O5S2. The van der Waals surface area contributed by atoms with Crippen molar-refractivity contribution in [3.63, 3.8) is 0 Å². The molecule has 0 saturated heterocycles. The van der Waals surface area contributed by atoms with E-state index < -0.39 is 15.8 Å². The van der Waals surface area contributed by atoms with E-state index in [4.69, 9.17) is 0 Å². The van der Waals surface area contributed by atoms with Crippen molar-refractivity contribution in [2.45, 2.75) is 35.1 Å². The number of hydrogen-bond acceptors (Lipinski definition) is 5. The number of anilines is 1. The summed E-state index contributed by atoms with van der Waals surface area (Å²) >= 11 is 1.39. The number of carbonyl (C=O) groups is 2. The summed E-state index contributed by atoms with van der Waals surface area (Å²) < 4.78 is 25.0. The van der Waals surface area contributed by atoms with Gasteiger partial charge in [0, 0.05) is 34.1 Å². The van der Waals surface area contributed by atoms with Crippen LogP contribution in [0.4, 0.5) is 5.69 Å². The first-order valence-electron chi connectivity index (χ1n) is 8.67. The lowest BCUT2D eigenvalue weighted by Gasteiger charge is -2.08. The van der Waals surface area contributed by atoms with E-state index in [1.54, 1.807) is 28.8 Å². The molecule has 9 heteroatoms. The van der Waals surface area contributed by atoms with Crippen LogP contribution in [0.25, 0.3) is 10.9 Å². The molecule has 0 aliphatic heterocycles. The van der Waals surface area contributed by atoms with Gasteiger partial charge in [-0.3, -0.25) is 9.59 Å². The number of hydrogen-bond donors (Lipinski definition) is 2. The van der Waals surface area contributed by atoms with E-state index in [0.717, 1.165) is 27.1 Å². The first-order valence-corrected chi connectivity index (χ1v) is 11.4. The number of fused-ring (bicyclic) bond motifs is 1. The Balaban J connectivity index is 2.16. The van der Waals surface area contributed by atoms with Crippen molar-refractivity contribution in [2.75, 3.05) is 11.6 Å². The number of aliphatic carboxylic acids is 1. The van der Waals surface area contributed by atoms with Crippen LogP contribution in [0.5, 0.6) is 0 Å². The molecule has 7 nitrogen and oxygen atoms in total. The summed E-state index contributed by atoms with van der Waals surface area (Å²) in [5.41, 5.74) is 2.04. The van der Waals surface area contributed by atoms with Gasteiger partial charge in [-0.05, 0) is 43.3 Å². The lowest BCUT2D eigenvalue weighted by Crippen LogP contribution is -2.10. The summed E-state index contributed by atoms with van der Waals surface area (Å²) in [4.78, 5) is 24.9. The van der Waals surface area contributed by atoms with Gasteiger partial charge < -0.3 is 15.0 Å². The summed E-state index contributed by atoms with van der Waals surface area (Å²) in [5, 5.41) is 12.9. The third-order valence-corrected chi connectivity index (χ3v) is 6.71. The van der Waals surface area contributed by atoms with Crippen molar-refractivity contribution in [1.29, 1.82) is 0 Å². The average Bonchev–Trinajstić information content (AvgIpc) is 2.87. The topological polar surface area (TPSA) is 105 Å². The van der Waals surface area contributed by atoms with E-state index in [9.17, 15) is 23.1 Å². The number of benzene rings is 2. The fourth-order valence-corrected chi connectivity index (χ4v) is 4.83. The minimum atomic E-state index is -3.29. The molecular weight excluding hydrogens is 412 g/mol. The van der Waals surface area contributed by atoms with Crippen LogP contribution >= 0.6 is 11.8 Å². The highest BCUT2D eigenvalue weighted by molar-refractivity contribution is 7.99. The SMILES string of the molecule is CC(=O)Nc1cccc2c1c(Sc1ccc(S(C)(=O)=O)cc1)c(C)n2CC(=O)O. The highest BCUT2D eigenvalue weighted by Crippen LogP contribution is 2.41. The Kier molecular flexibility index (Phi) is 5.72. The Bertz CT molecular complexity index is 1210. The third kappa shape index (κ3) is 4.46. The molecule has 0 atom stereocenters. The van der Waals surface area contributed by atoms with Crippen LogP contribution < -0.4 is 5.32 Å². The Labute approximate surface area is 172 Å². The molecule has 0 unspecified atom stereocenters. The van der Waals surface area contributed by atoms with Gasteiger partial charge in [-0.25, -0.2) is 8.42 Å². The molecule has 0 bridgehead atoms. The number of carboxylic acids is 1. The van der Waals surface area contributed by atoms with E-state index in [0.29, 0.717) is 11.2 Å². The van der Waals surface area contributed by atoms with Crippen LogP contribution in [0.1, 0.15) is 12.6 Å². The third-order valence-electron chi connectivity index (χ3n) is 4.37. The van der Waals surface area contributed by atoms with Gasteiger partial charge in [-0.2, -0.15) is 0 Å². The van der Waals surface area contributed by atoms with E-state index in [1.807, 2.05) is 13.0 Å². The summed E-state index contributed by atoms with van der Waals surface area (Å²) in [6, 6.07) is 11.8. The molecule has 0 spiro atoms. The number of nitrogens with zero attached hydrogens (tertiary/aromatic N) is 1. The number of carbonyl (C=O) groups excluding carboxylic acids is 1. The summed E-state index contributed by atoms with van der Waals surface area (Å²) in [6.07, 6.45) is 1.15. The first-order chi connectivity index (χ1) is 13.6. The van der Waals surface area contributed by atoms with E-state index in [2.05, 4.69) is 5.32 Å². The van der Waals surface area contributed by atoms with Gasteiger partial charge in [0.15, 0.2) is 9.84 Å². The fraction of sp³-hybridized carbons (Fsp3) is 0.200. The maximum atomic E-state index is 11.7. The van der Waals surface area contributed by atoms with Gasteiger partial charge in [0.05, 0.1) is 16.1 Å². The molecule has 0 aliphatic rings. The fourth-order valence-electron chi connectivity index (χ4n) is 3.12. The second kappa shape index (κ2) is 7.92. The van der Waals surface area contributed by atoms with E-state index >= 15 is 0 Å².